The van der Waals surface area contributed by atoms with Gasteiger partial charge in [0.25, 0.3) is 0 Å². The summed E-state index contributed by atoms with van der Waals surface area (Å²) in [7, 11) is 2.07. The van der Waals surface area contributed by atoms with Crippen LogP contribution in [0.25, 0.3) is 0 Å². The summed E-state index contributed by atoms with van der Waals surface area (Å²) in [6.45, 7) is 3.29. The van der Waals surface area contributed by atoms with Crippen LogP contribution in [-0.4, -0.2) is 23.2 Å². The Labute approximate surface area is 47.9 Å². The molecule has 0 amide bonds. The van der Waals surface area contributed by atoms with Crippen LogP contribution in [-0.2, 0) is 4.74 Å². The molecule has 0 aliphatic heterocycles. The Hall–Kier alpha value is 0.177. The van der Waals surface area contributed by atoms with E-state index in [2.05, 4.69) is 6.55 Å². The number of hydrogen-bond acceptors (Lipinski definition) is 1. The lowest BCUT2D eigenvalue weighted by Gasteiger charge is -1.92. The molecule has 0 aromatic rings. The molecule has 0 aliphatic rings. The van der Waals surface area contributed by atoms with Crippen molar-refractivity contribution in [1.29, 1.82) is 0 Å². The average Bonchev–Trinajstić information content (AvgIpc) is 1.69. The third kappa shape index (κ3) is 6.18. The van der Waals surface area contributed by atoms with Crippen molar-refractivity contribution in [3.05, 3.63) is 0 Å². The van der Waals surface area contributed by atoms with E-state index in [1.54, 1.807) is 7.11 Å². The van der Waals surface area contributed by atoms with Crippen LogP contribution in [0, 0.1) is 0 Å². The number of ether oxygens (including phenoxy) is 1. The summed E-state index contributed by atoms with van der Waals surface area (Å²) >= 11 is 0. The van der Waals surface area contributed by atoms with Gasteiger partial charge in [0, 0.05) is 23.2 Å². The van der Waals surface area contributed by atoms with Gasteiger partial charge in [0.05, 0.1) is 0 Å². The second kappa shape index (κ2) is 6.18. The van der Waals surface area contributed by atoms with Crippen LogP contribution in [0.3, 0.4) is 0 Å². The Balaban J connectivity index is 2.45. The van der Waals surface area contributed by atoms with Crippen molar-refractivity contribution in [3.8, 4) is 0 Å². The van der Waals surface area contributed by atoms with Crippen molar-refractivity contribution in [3.63, 3.8) is 0 Å². The third-order valence-corrected chi connectivity index (χ3v) is 2.16. The molecule has 0 N–H and O–H groups in total. The molecule has 2 heteroatoms. The van der Waals surface area contributed by atoms with Crippen molar-refractivity contribution in [2.75, 3.05) is 13.7 Å². The summed E-state index contributed by atoms with van der Waals surface area (Å²) in [6.07, 6.45) is 1.28. The van der Waals surface area contributed by atoms with Gasteiger partial charge in [0.2, 0.25) is 0 Å². The summed E-state index contributed by atoms with van der Waals surface area (Å²) in [4.78, 5) is 0. The molecular formula is C5H14OSi. The van der Waals surface area contributed by atoms with Crippen molar-refractivity contribution in [1.82, 2.24) is 0 Å². The fourth-order valence-electron chi connectivity index (χ4n) is 0.496. The van der Waals surface area contributed by atoms with E-state index in [-0.39, 0.29) is 0 Å². The van der Waals surface area contributed by atoms with Gasteiger partial charge in [-0.3, -0.25) is 0 Å². The Morgan fingerprint density at radius 1 is 1.57 bits per heavy atom. The molecule has 0 aromatic carbocycles. The highest BCUT2D eigenvalue weighted by atomic mass is 28.2. The molecule has 0 aliphatic carbocycles. The molecular weight excluding hydrogens is 104 g/mol. The van der Waals surface area contributed by atoms with E-state index in [9.17, 15) is 0 Å². The first kappa shape index (κ1) is 7.18. The second-order valence-corrected chi connectivity index (χ2v) is 3.41. The monoisotopic (exact) mass is 118 g/mol. The lowest BCUT2D eigenvalue weighted by atomic mass is 10.5. The summed E-state index contributed by atoms with van der Waals surface area (Å²) < 4.78 is 4.87. The number of rotatable bonds is 4. The molecule has 1 nitrogen and oxygen atoms in total. The fourth-order valence-corrected chi connectivity index (χ4v) is 1.20. The maximum absolute atomic E-state index is 4.87. The van der Waals surface area contributed by atoms with Crippen molar-refractivity contribution in [2.45, 2.75) is 19.0 Å². The average molecular weight is 118 g/mol. The van der Waals surface area contributed by atoms with E-state index >= 15 is 0 Å². The van der Waals surface area contributed by atoms with Gasteiger partial charge in [-0.25, -0.2) is 0 Å². The molecule has 0 rings (SSSR count). The highest BCUT2D eigenvalue weighted by Crippen LogP contribution is 1.86. The first-order valence-corrected chi connectivity index (χ1v) is 5.32. The first-order valence-electron chi connectivity index (χ1n) is 2.90. The molecule has 44 valence electrons. The zero-order valence-corrected chi connectivity index (χ0v) is 6.65. The molecule has 0 atom stereocenters. The first-order chi connectivity index (χ1) is 3.41. The minimum Gasteiger partial charge on any atom is -0.385 e. The van der Waals surface area contributed by atoms with E-state index in [1.807, 2.05) is 0 Å². The second-order valence-electron chi connectivity index (χ2n) is 1.70. The lowest BCUT2D eigenvalue weighted by Crippen LogP contribution is -1.89. The number of hydrogen-bond donors (Lipinski definition) is 0. The van der Waals surface area contributed by atoms with Crippen LogP contribution in [0.15, 0.2) is 0 Å². The van der Waals surface area contributed by atoms with Crippen molar-refractivity contribution in [2.24, 2.45) is 0 Å². The van der Waals surface area contributed by atoms with Crippen LogP contribution in [0.4, 0.5) is 0 Å². The van der Waals surface area contributed by atoms with E-state index in [0.717, 1.165) is 6.61 Å². The number of methoxy groups -OCH3 is 1. The zero-order chi connectivity index (χ0) is 5.54. The Bertz CT molecular complexity index is 27.3. The molecule has 0 saturated carbocycles. The largest absolute Gasteiger partial charge is 0.385 e. The van der Waals surface area contributed by atoms with E-state index in [4.69, 9.17) is 4.74 Å². The van der Waals surface area contributed by atoms with Crippen LogP contribution in [0.2, 0.25) is 12.6 Å². The standard InChI is InChI=1S/C5H14OSi/c1-6-4-3-5-7-2/h3-5,7H2,1-2H3. The predicted octanol–water partition coefficient (Wildman–Crippen LogP) is 0.658. The van der Waals surface area contributed by atoms with Gasteiger partial charge >= 0.3 is 0 Å². The maximum Gasteiger partial charge on any atom is 0.0459 e. The predicted molar refractivity (Wildman–Crippen MR) is 35.7 cm³/mol. The van der Waals surface area contributed by atoms with Gasteiger partial charge in [-0.15, -0.1) is 0 Å². The van der Waals surface area contributed by atoms with Crippen LogP contribution < -0.4 is 0 Å². The van der Waals surface area contributed by atoms with Crippen molar-refractivity contribution >= 4 is 9.52 Å². The fraction of sp³-hybridized carbons (Fsp3) is 1.00. The molecule has 7 heavy (non-hydrogen) atoms. The quantitative estimate of drug-likeness (QED) is 0.389. The third-order valence-electron chi connectivity index (χ3n) is 0.952. The molecule has 0 radical (unpaired) electrons. The van der Waals surface area contributed by atoms with Crippen LogP contribution >= 0.6 is 0 Å². The molecule has 0 fully saturated rings. The van der Waals surface area contributed by atoms with E-state index in [0.29, 0.717) is 9.52 Å². The van der Waals surface area contributed by atoms with Crippen LogP contribution in [0.5, 0.6) is 0 Å². The van der Waals surface area contributed by atoms with Gasteiger partial charge in [-0.2, -0.15) is 0 Å². The molecule has 0 heterocycles. The minimum atomic E-state index is 0.314. The summed E-state index contributed by atoms with van der Waals surface area (Å²) in [5.41, 5.74) is 0. The molecule has 0 spiro atoms. The van der Waals surface area contributed by atoms with Gasteiger partial charge in [0.15, 0.2) is 0 Å². The maximum atomic E-state index is 4.87. The molecule has 0 saturated heterocycles. The highest BCUT2D eigenvalue weighted by molar-refractivity contribution is 6.33. The van der Waals surface area contributed by atoms with E-state index < -0.39 is 0 Å². The SMILES string of the molecule is COCCC[SiH2]C. The zero-order valence-electron chi connectivity index (χ0n) is 5.24. The van der Waals surface area contributed by atoms with Gasteiger partial charge in [-0.05, 0) is 6.42 Å². The molecule has 0 unspecified atom stereocenters. The Morgan fingerprint density at radius 2 is 2.29 bits per heavy atom. The summed E-state index contributed by atoms with van der Waals surface area (Å²) in [5, 5.41) is 0. The Kier molecular flexibility index (Phi) is 6.33. The minimum absolute atomic E-state index is 0.314. The molecule has 0 aromatic heterocycles. The highest BCUT2D eigenvalue weighted by Gasteiger charge is 1.80. The van der Waals surface area contributed by atoms with Crippen molar-refractivity contribution < 1.29 is 4.74 Å². The summed E-state index contributed by atoms with van der Waals surface area (Å²) in [5.74, 6) is 0. The smallest absolute Gasteiger partial charge is 0.0459 e. The van der Waals surface area contributed by atoms with Gasteiger partial charge in [-0.1, -0.05) is 12.6 Å². The normalized spacial score (nSPS) is 11.1. The van der Waals surface area contributed by atoms with Gasteiger partial charge < -0.3 is 4.74 Å². The topological polar surface area (TPSA) is 9.23 Å². The van der Waals surface area contributed by atoms with E-state index in [1.165, 1.54) is 12.5 Å². The van der Waals surface area contributed by atoms with Gasteiger partial charge in [0.1, 0.15) is 0 Å². The Morgan fingerprint density at radius 3 is 2.71 bits per heavy atom. The van der Waals surface area contributed by atoms with Crippen LogP contribution in [0.1, 0.15) is 6.42 Å². The summed E-state index contributed by atoms with van der Waals surface area (Å²) in [6, 6.07) is 1.44. The lowest BCUT2D eigenvalue weighted by molar-refractivity contribution is 0.199. The molecule has 0 bridgehead atoms.